The highest BCUT2D eigenvalue weighted by Crippen LogP contribution is 2.31. The third-order valence-corrected chi connectivity index (χ3v) is 4.50. The second kappa shape index (κ2) is 9.40. The molecule has 1 unspecified atom stereocenters. The zero-order chi connectivity index (χ0) is 22.6. The van der Waals surface area contributed by atoms with Gasteiger partial charge in [0.15, 0.2) is 0 Å². The molecular weight excluding hydrogens is 427 g/mol. The van der Waals surface area contributed by atoms with Crippen LogP contribution in [-0.2, 0) is 6.18 Å². The van der Waals surface area contributed by atoms with Gasteiger partial charge < -0.3 is 11.1 Å². The van der Waals surface area contributed by atoms with Crippen molar-refractivity contribution in [2.75, 3.05) is 0 Å². The summed E-state index contributed by atoms with van der Waals surface area (Å²) < 4.78 is 65.9. The number of amides is 1. The fourth-order valence-electron chi connectivity index (χ4n) is 2.65. The van der Waals surface area contributed by atoms with E-state index in [2.05, 4.69) is 11.9 Å². The zero-order valence-electron chi connectivity index (χ0n) is 15.8. The number of nitrogens with two attached hydrogens (primary N) is 1. The lowest BCUT2D eigenvalue weighted by atomic mass is 9.97. The van der Waals surface area contributed by atoms with Crippen molar-refractivity contribution >= 4 is 17.5 Å². The molecule has 1 atom stereocenters. The predicted molar refractivity (Wildman–Crippen MR) is 105 cm³/mol. The van der Waals surface area contributed by atoms with Crippen LogP contribution >= 0.6 is 11.6 Å². The summed E-state index contributed by atoms with van der Waals surface area (Å²) in [6.07, 6.45) is -2.88. The van der Waals surface area contributed by atoms with Gasteiger partial charge in [-0.3, -0.25) is 4.79 Å². The minimum Gasteiger partial charge on any atom is -0.322 e. The Balaban J connectivity index is 2.33. The molecule has 3 nitrogen and oxygen atoms in total. The molecule has 0 spiro atoms. The van der Waals surface area contributed by atoms with E-state index in [1.807, 2.05) is 0 Å². The molecule has 3 N–H and O–H groups in total. The van der Waals surface area contributed by atoms with E-state index in [4.69, 9.17) is 17.3 Å². The Morgan fingerprint density at radius 1 is 1.20 bits per heavy atom. The maximum absolute atomic E-state index is 13.6. The van der Waals surface area contributed by atoms with Crippen molar-refractivity contribution in [3.63, 3.8) is 0 Å². The molecule has 0 aliphatic rings. The summed E-state index contributed by atoms with van der Waals surface area (Å²) in [6.45, 7) is 5.54. The molecule has 30 heavy (non-hydrogen) atoms. The number of allylic oxidation sites excluding steroid dienone is 1. The number of hydrogen-bond acceptors (Lipinski definition) is 2. The molecule has 2 aromatic rings. The summed E-state index contributed by atoms with van der Waals surface area (Å²) in [5, 5.41) is 2.57. The van der Waals surface area contributed by atoms with Gasteiger partial charge in [-0.05, 0) is 54.0 Å². The zero-order valence-corrected chi connectivity index (χ0v) is 16.5. The van der Waals surface area contributed by atoms with Crippen LogP contribution in [0.15, 0.2) is 60.3 Å². The third-order valence-electron chi connectivity index (χ3n) is 4.16. The lowest BCUT2D eigenvalue weighted by Gasteiger charge is -2.20. The fourth-order valence-corrected chi connectivity index (χ4v) is 2.89. The Morgan fingerprint density at radius 2 is 1.87 bits per heavy atom. The van der Waals surface area contributed by atoms with Crippen LogP contribution in [0.25, 0.3) is 0 Å². The number of alkyl halides is 3. The molecule has 0 fully saturated rings. The SMILES string of the molecule is C=C(/C(=C\CC)NC(=O)c1cc(F)cc(C(F)(F)F)c1)C(N)c1cc(F)ccc1Cl. The van der Waals surface area contributed by atoms with Crippen LogP contribution in [-0.4, -0.2) is 5.91 Å². The van der Waals surface area contributed by atoms with Crippen LogP contribution in [0.4, 0.5) is 22.0 Å². The van der Waals surface area contributed by atoms with Crippen LogP contribution in [0, 0.1) is 11.6 Å². The Kier molecular flexibility index (Phi) is 7.39. The molecule has 0 aromatic heterocycles. The van der Waals surface area contributed by atoms with Gasteiger partial charge in [0.1, 0.15) is 11.6 Å². The van der Waals surface area contributed by atoms with Crippen LogP contribution in [0.2, 0.25) is 5.02 Å². The number of rotatable bonds is 6. The quantitative estimate of drug-likeness (QED) is 0.429. The average molecular weight is 445 g/mol. The summed E-state index contributed by atoms with van der Waals surface area (Å²) >= 11 is 6.05. The van der Waals surface area contributed by atoms with Crippen LogP contribution in [0.1, 0.15) is 40.9 Å². The lowest BCUT2D eigenvalue weighted by Crippen LogP contribution is -2.28. The maximum atomic E-state index is 13.6. The van der Waals surface area contributed by atoms with Crippen LogP contribution in [0.5, 0.6) is 0 Å². The number of hydrogen-bond donors (Lipinski definition) is 2. The molecule has 0 saturated heterocycles. The molecule has 0 heterocycles. The Morgan fingerprint density at radius 3 is 2.47 bits per heavy atom. The molecule has 9 heteroatoms. The molecule has 0 bridgehead atoms. The Hall–Kier alpha value is -2.71. The molecule has 0 aliphatic carbocycles. The van der Waals surface area contributed by atoms with E-state index in [0.717, 1.165) is 12.1 Å². The monoisotopic (exact) mass is 444 g/mol. The second-order valence-corrected chi connectivity index (χ2v) is 6.78. The van der Waals surface area contributed by atoms with E-state index in [-0.39, 0.29) is 21.9 Å². The van der Waals surface area contributed by atoms with E-state index < -0.39 is 40.9 Å². The van der Waals surface area contributed by atoms with E-state index >= 15 is 0 Å². The predicted octanol–water partition coefficient (Wildman–Crippen LogP) is 5.92. The number of carbonyl (C=O) groups is 1. The van der Waals surface area contributed by atoms with E-state index in [1.165, 1.54) is 12.1 Å². The lowest BCUT2D eigenvalue weighted by molar-refractivity contribution is -0.137. The van der Waals surface area contributed by atoms with Crippen molar-refractivity contribution in [3.8, 4) is 0 Å². The normalized spacial score (nSPS) is 13.1. The van der Waals surface area contributed by atoms with Crippen molar-refractivity contribution in [2.45, 2.75) is 25.6 Å². The summed E-state index contributed by atoms with van der Waals surface area (Å²) in [6, 6.07) is 4.07. The molecule has 2 rings (SSSR count). The van der Waals surface area contributed by atoms with Crippen molar-refractivity contribution in [3.05, 3.63) is 93.7 Å². The van der Waals surface area contributed by atoms with Gasteiger partial charge in [0.25, 0.3) is 5.91 Å². The van der Waals surface area contributed by atoms with Crippen molar-refractivity contribution in [1.29, 1.82) is 0 Å². The minimum atomic E-state index is -4.82. The third kappa shape index (κ3) is 5.67. The van der Waals surface area contributed by atoms with Crippen LogP contribution < -0.4 is 11.1 Å². The van der Waals surface area contributed by atoms with Gasteiger partial charge in [0.2, 0.25) is 0 Å². The van der Waals surface area contributed by atoms with Crippen LogP contribution in [0.3, 0.4) is 0 Å². The molecular formula is C21H18ClF5N2O. The first-order valence-corrected chi connectivity index (χ1v) is 9.10. The molecule has 0 aliphatic heterocycles. The minimum absolute atomic E-state index is 0.105. The number of carbonyl (C=O) groups excluding carboxylic acids is 1. The van der Waals surface area contributed by atoms with Crippen molar-refractivity contribution in [2.24, 2.45) is 5.73 Å². The summed E-state index contributed by atoms with van der Waals surface area (Å²) in [7, 11) is 0. The maximum Gasteiger partial charge on any atom is 0.416 e. The van der Waals surface area contributed by atoms with E-state index in [1.54, 1.807) is 6.92 Å². The Labute approximate surface area is 175 Å². The highest BCUT2D eigenvalue weighted by Gasteiger charge is 2.32. The highest BCUT2D eigenvalue weighted by atomic mass is 35.5. The summed E-state index contributed by atoms with van der Waals surface area (Å²) in [5.41, 5.74) is 4.74. The van der Waals surface area contributed by atoms with E-state index in [0.29, 0.717) is 24.6 Å². The topological polar surface area (TPSA) is 55.1 Å². The Bertz CT molecular complexity index is 1000. The van der Waals surface area contributed by atoms with Gasteiger partial charge in [-0.25, -0.2) is 8.78 Å². The number of nitrogens with one attached hydrogen (secondary N) is 1. The molecule has 0 saturated carbocycles. The highest BCUT2D eigenvalue weighted by molar-refractivity contribution is 6.31. The standard InChI is InChI=1S/C21H18ClF5N2O/c1-3-4-18(11(2)19(28)16-10-14(23)5-6-17(16)22)29-20(30)12-7-13(21(25,26)27)9-15(24)8-12/h4-10,19H,2-3,28H2,1H3,(H,29,30)/b18-4+. The second-order valence-electron chi connectivity index (χ2n) is 6.38. The average Bonchev–Trinajstić information content (AvgIpc) is 2.67. The first kappa shape index (κ1) is 23.6. The summed E-state index contributed by atoms with van der Waals surface area (Å²) in [5.74, 6) is -2.78. The first-order valence-electron chi connectivity index (χ1n) is 8.73. The molecule has 2 aromatic carbocycles. The van der Waals surface area contributed by atoms with E-state index in [9.17, 15) is 26.7 Å². The first-order chi connectivity index (χ1) is 13.9. The van der Waals surface area contributed by atoms with Gasteiger partial charge in [-0.2, -0.15) is 13.2 Å². The van der Waals surface area contributed by atoms with Gasteiger partial charge in [-0.15, -0.1) is 0 Å². The number of benzene rings is 2. The molecule has 1 amide bonds. The number of halogens is 6. The van der Waals surface area contributed by atoms with Gasteiger partial charge in [-0.1, -0.05) is 31.2 Å². The van der Waals surface area contributed by atoms with Gasteiger partial charge in [0.05, 0.1) is 11.6 Å². The largest absolute Gasteiger partial charge is 0.416 e. The van der Waals surface area contributed by atoms with Gasteiger partial charge in [0, 0.05) is 16.3 Å². The summed E-state index contributed by atoms with van der Waals surface area (Å²) in [4.78, 5) is 12.5. The van der Waals surface area contributed by atoms with Crippen molar-refractivity contribution in [1.82, 2.24) is 5.32 Å². The molecule has 160 valence electrons. The fraction of sp³-hybridized carbons (Fsp3) is 0.190. The molecule has 0 radical (unpaired) electrons. The smallest absolute Gasteiger partial charge is 0.322 e. The van der Waals surface area contributed by atoms with Crippen molar-refractivity contribution < 1.29 is 26.7 Å². The van der Waals surface area contributed by atoms with Gasteiger partial charge >= 0.3 is 6.18 Å².